The topological polar surface area (TPSA) is 51.4 Å². The Hall–Kier alpha value is -1.13. The first-order valence-corrected chi connectivity index (χ1v) is 6.25. The summed E-state index contributed by atoms with van der Waals surface area (Å²) < 4.78 is 5.65. The van der Waals surface area contributed by atoms with Gasteiger partial charge in [0, 0.05) is 37.5 Å². The fourth-order valence-electron chi connectivity index (χ4n) is 2.22. The molecule has 0 saturated carbocycles. The second kappa shape index (κ2) is 5.47. The highest BCUT2D eigenvalue weighted by atomic mass is 16.5. The Balaban J connectivity index is 2.25. The van der Waals surface area contributed by atoms with Gasteiger partial charge < -0.3 is 15.4 Å². The molecule has 4 heteroatoms. The zero-order chi connectivity index (χ0) is 12.3. The number of nitrogens with two attached hydrogens (primary N) is 1. The van der Waals surface area contributed by atoms with Crippen molar-refractivity contribution in [3.63, 3.8) is 0 Å². The van der Waals surface area contributed by atoms with Crippen molar-refractivity contribution in [1.29, 1.82) is 0 Å². The van der Waals surface area contributed by atoms with Crippen LogP contribution in [0.15, 0.2) is 18.3 Å². The summed E-state index contributed by atoms with van der Waals surface area (Å²) in [6, 6.07) is 4.02. The number of hydrogen-bond acceptors (Lipinski definition) is 4. The predicted octanol–water partition coefficient (Wildman–Crippen LogP) is 1.72. The van der Waals surface area contributed by atoms with Crippen LogP contribution in [0.3, 0.4) is 0 Å². The van der Waals surface area contributed by atoms with Crippen LogP contribution in [0.5, 0.6) is 0 Å². The van der Waals surface area contributed by atoms with Crippen molar-refractivity contribution in [2.75, 3.05) is 24.6 Å². The minimum atomic E-state index is 0.0122. The molecule has 0 spiro atoms. The smallest absolute Gasteiger partial charge is 0.133 e. The number of nitrogens with zero attached hydrogens (tertiary/aromatic N) is 2. The third kappa shape index (κ3) is 2.96. The van der Waals surface area contributed by atoms with Gasteiger partial charge in [0.2, 0.25) is 0 Å². The van der Waals surface area contributed by atoms with E-state index in [0.717, 1.165) is 37.5 Å². The van der Waals surface area contributed by atoms with E-state index in [-0.39, 0.29) is 12.1 Å². The molecule has 17 heavy (non-hydrogen) atoms. The molecule has 94 valence electrons. The van der Waals surface area contributed by atoms with Crippen LogP contribution in [-0.4, -0.2) is 30.8 Å². The van der Waals surface area contributed by atoms with Crippen LogP contribution in [-0.2, 0) is 4.74 Å². The maximum absolute atomic E-state index is 6.00. The lowest BCUT2D eigenvalue weighted by atomic mass is 10.1. The molecule has 1 aliphatic heterocycles. The summed E-state index contributed by atoms with van der Waals surface area (Å²) in [6.45, 7) is 6.81. The molecular formula is C13H21N3O. The standard InChI is InChI=1S/C13H21N3O/c1-10-9-16(7-4-8-17-10)13-12(11(2)14)5-3-6-15-13/h3,5-6,10-11H,4,7-9,14H2,1-2H3/t10?,11-/m1/s1. The fraction of sp³-hybridized carbons (Fsp3) is 0.615. The number of aromatic nitrogens is 1. The zero-order valence-electron chi connectivity index (χ0n) is 10.6. The van der Waals surface area contributed by atoms with E-state index in [2.05, 4.69) is 22.9 Å². The van der Waals surface area contributed by atoms with Crippen LogP contribution < -0.4 is 10.6 Å². The van der Waals surface area contributed by atoms with Gasteiger partial charge >= 0.3 is 0 Å². The Bertz CT molecular complexity index is 367. The number of hydrogen-bond donors (Lipinski definition) is 1. The van der Waals surface area contributed by atoms with Gasteiger partial charge in [-0.05, 0) is 26.3 Å². The van der Waals surface area contributed by atoms with Crippen LogP contribution in [0.4, 0.5) is 5.82 Å². The molecule has 1 saturated heterocycles. The van der Waals surface area contributed by atoms with E-state index < -0.39 is 0 Å². The highest BCUT2D eigenvalue weighted by molar-refractivity contribution is 5.48. The van der Waals surface area contributed by atoms with Crippen LogP contribution in [0.2, 0.25) is 0 Å². The Morgan fingerprint density at radius 3 is 3.18 bits per heavy atom. The molecule has 1 aliphatic rings. The van der Waals surface area contributed by atoms with Crippen molar-refractivity contribution in [2.24, 2.45) is 5.73 Å². The first-order chi connectivity index (χ1) is 8.18. The zero-order valence-corrected chi connectivity index (χ0v) is 10.6. The maximum atomic E-state index is 6.00. The van der Waals surface area contributed by atoms with Crippen molar-refractivity contribution in [2.45, 2.75) is 32.4 Å². The molecule has 0 amide bonds. The minimum Gasteiger partial charge on any atom is -0.377 e. The quantitative estimate of drug-likeness (QED) is 0.848. The fourth-order valence-corrected chi connectivity index (χ4v) is 2.22. The molecule has 0 aliphatic carbocycles. The molecule has 2 heterocycles. The lowest BCUT2D eigenvalue weighted by molar-refractivity contribution is 0.0820. The molecule has 0 radical (unpaired) electrons. The monoisotopic (exact) mass is 235 g/mol. The van der Waals surface area contributed by atoms with Crippen LogP contribution >= 0.6 is 0 Å². The van der Waals surface area contributed by atoms with Gasteiger partial charge in [0.25, 0.3) is 0 Å². The first-order valence-electron chi connectivity index (χ1n) is 6.25. The third-order valence-electron chi connectivity index (χ3n) is 3.06. The Labute approximate surface area is 103 Å². The maximum Gasteiger partial charge on any atom is 0.133 e. The van der Waals surface area contributed by atoms with Gasteiger partial charge in [-0.1, -0.05) is 6.07 Å². The van der Waals surface area contributed by atoms with Gasteiger partial charge in [0.05, 0.1) is 6.10 Å². The summed E-state index contributed by atoms with van der Waals surface area (Å²) in [4.78, 5) is 6.78. The van der Waals surface area contributed by atoms with Crippen LogP contribution in [0.25, 0.3) is 0 Å². The number of anilines is 1. The van der Waals surface area contributed by atoms with Crippen LogP contribution in [0.1, 0.15) is 31.9 Å². The molecule has 0 bridgehead atoms. The third-order valence-corrected chi connectivity index (χ3v) is 3.06. The highest BCUT2D eigenvalue weighted by Gasteiger charge is 2.19. The lowest BCUT2D eigenvalue weighted by Crippen LogP contribution is -2.32. The lowest BCUT2D eigenvalue weighted by Gasteiger charge is -2.26. The number of rotatable bonds is 2. The molecule has 1 aromatic heterocycles. The summed E-state index contributed by atoms with van der Waals surface area (Å²) in [5.74, 6) is 1.01. The van der Waals surface area contributed by atoms with E-state index in [1.165, 1.54) is 0 Å². The van der Waals surface area contributed by atoms with Crippen molar-refractivity contribution < 1.29 is 4.74 Å². The first kappa shape index (κ1) is 12.3. The average molecular weight is 235 g/mol. The molecule has 2 N–H and O–H groups in total. The van der Waals surface area contributed by atoms with Gasteiger partial charge in [0.15, 0.2) is 0 Å². The number of pyridine rings is 1. The minimum absolute atomic E-state index is 0.0122. The predicted molar refractivity (Wildman–Crippen MR) is 69.1 cm³/mol. The van der Waals surface area contributed by atoms with Crippen LogP contribution in [0, 0.1) is 0 Å². The molecule has 0 aromatic carbocycles. The van der Waals surface area contributed by atoms with Crippen molar-refractivity contribution in [3.05, 3.63) is 23.9 Å². The van der Waals surface area contributed by atoms with Gasteiger partial charge in [-0.25, -0.2) is 4.98 Å². The molecule has 4 nitrogen and oxygen atoms in total. The summed E-state index contributed by atoms with van der Waals surface area (Å²) in [5, 5.41) is 0. The second-order valence-electron chi connectivity index (χ2n) is 4.69. The largest absolute Gasteiger partial charge is 0.377 e. The Morgan fingerprint density at radius 2 is 2.41 bits per heavy atom. The average Bonchev–Trinajstić information content (AvgIpc) is 2.54. The van der Waals surface area contributed by atoms with E-state index in [4.69, 9.17) is 10.5 Å². The Morgan fingerprint density at radius 1 is 1.59 bits per heavy atom. The molecule has 1 fully saturated rings. The summed E-state index contributed by atoms with van der Waals surface area (Å²) in [5.41, 5.74) is 7.11. The van der Waals surface area contributed by atoms with E-state index in [1.807, 2.05) is 19.2 Å². The normalized spacial score (nSPS) is 23.2. The van der Waals surface area contributed by atoms with E-state index in [9.17, 15) is 0 Å². The van der Waals surface area contributed by atoms with E-state index in [1.54, 1.807) is 0 Å². The molecule has 2 atom stereocenters. The van der Waals surface area contributed by atoms with Crippen molar-refractivity contribution in [1.82, 2.24) is 4.98 Å². The summed E-state index contributed by atoms with van der Waals surface area (Å²) in [6.07, 6.45) is 3.12. The molecule has 1 aromatic rings. The molecule has 2 rings (SSSR count). The Kier molecular flexibility index (Phi) is 3.97. The SMILES string of the molecule is CC1CN(c2ncccc2[C@@H](C)N)CCCO1. The second-order valence-corrected chi connectivity index (χ2v) is 4.69. The van der Waals surface area contributed by atoms with E-state index in [0.29, 0.717) is 0 Å². The van der Waals surface area contributed by atoms with Gasteiger partial charge in [-0.2, -0.15) is 0 Å². The van der Waals surface area contributed by atoms with Gasteiger partial charge in [0.1, 0.15) is 5.82 Å². The molecule has 1 unspecified atom stereocenters. The van der Waals surface area contributed by atoms with E-state index >= 15 is 0 Å². The van der Waals surface area contributed by atoms with Crippen molar-refractivity contribution in [3.8, 4) is 0 Å². The highest BCUT2D eigenvalue weighted by Crippen LogP contribution is 2.23. The number of ether oxygens (including phenoxy) is 1. The van der Waals surface area contributed by atoms with Gasteiger partial charge in [-0.3, -0.25) is 0 Å². The molecular weight excluding hydrogens is 214 g/mol. The van der Waals surface area contributed by atoms with Gasteiger partial charge in [-0.15, -0.1) is 0 Å². The summed E-state index contributed by atoms with van der Waals surface area (Å²) >= 11 is 0. The van der Waals surface area contributed by atoms with Crippen molar-refractivity contribution >= 4 is 5.82 Å². The summed E-state index contributed by atoms with van der Waals surface area (Å²) in [7, 11) is 0.